The fourth-order valence-corrected chi connectivity index (χ4v) is 1.40. The molecular weight excluding hydrogens is 312 g/mol. The molecule has 0 spiro atoms. The molecule has 1 heterocycles. The Kier molecular flexibility index (Phi) is 7.10. The summed E-state index contributed by atoms with van der Waals surface area (Å²) in [6, 6.07) is 3.67. The Morgan fingerprint density at radius 1 is 1.58 bits per heavy atom. The van der Waals surface area contributed by atoms with E-state index in [2.05, 4.69) is 26.1 Å². The first-order valence-electron chi connectivity index (χ1n) is 6.08. The van der Waals surface area contributed by atoms with Crippen LogP contribution in [0, 0.1) is 0 Å². The molecule has 1 aromatic rings. The Morgan fingerprint density at radius 2 is 2.37 bits per heavy atom. The highest BCUT2D eigenvalue weighted by molar-refractivity contribution is 9.10. The second kappa shape index (κ2) is 8.63. The third-order valence-electron chi connectivity index (χ3n) is 2.11. The first kappa shape index (κ1) is 15.6. The van der Waals surface area contributed by atoms with Crippen molar-refractivity contribution in [2.24, 2.45) is 5.16 Å². The predicted octanol–water partition coefficient (Wildman–Crippen LogP) is 2.93. The second-order valence-corrected chi connectivity index (χ2v) is 4.90. The van der Waals surface area contributed by atoms with Crippen LogP contribution in [0.5, 0.6) is 0 Å². The van der Waals surface area contributed by atoms with E-state index in [9.17, 15) is 4.79 Å². The molecule has 0 saturated carbocycles. The number of oxime groups is 1. The highest BCUT2D eigenvalue weighted by Crippen LogP contribution is 2.06. The molecule has 0 aliphatic carbocycles. The molecule has 0 N–H and O–H groups in total. The number of hydrogen-bond acceptors (Lipinski definition) is 5. The van der Waals surface area contributed by atoms with E-state index in [1.165, 1.54) is 6.21 Å². The summed E-state index contributed by atoms with van der Waals surface area (Å²) in [5.74, 6) is -0.212. The third kappa shape index (κ3) is 6.91. The lowest BCUT2D eigenvalue weighted by atomic mass is 10.3. The minimum absolute atomic E-state index is 0.198. The fraction of sp³-hybridized carbons (Fsp3) is 0.462. The standard InChI is InChI=1S/C13H17BrN2O3/c1-3-4-13(17)18-9-10(2)19-16-8-12-6-5-11(14)7-15-12/h5-8,10H,3-4,9H2,1-2H3/b16-8+. The molecule has 1 unspecified atom stereocenters. The molecular formula is C13H17BrN2O3. The van der Waals surface area contributed by atoms with Crippen LogP contribution in [0.3, 0.4) is 0 Å². The van der Waals surface area contributed by atoms with Gasteiger partial charge in [-0.05, 0) is 41.4 Å². The minimum atomic E-state index is -0.285. The van der Waals surface area contributed by atoms with Crippen molar-refractivity contribution in [1.29, 1.82) is 0 Å². The van der Waals surface area contributed by atoms with E-state index in [4.69, 9.17) is 9.57 Å². The van der Waals surface area contributed by atoms with Gasteiger partial charge in [-0.25, -0.2) is 0 Å². The molecule has 0 aliphatic rings. The molecule has 0 radical (unpaired) electrons. The number of hydrogen-bond donors (Lipinski definition) is 0. The Morgan fingerprint density at radius 3 is 3.00 bits per heavy atom. The van der Waals surface area contributed by atoms with Crippen LogP contribution in [-0.4, -0.2) is 29.9 Å². The number of aromatic nitrogens is 1. The average molecular weight is 329 g/mol. The maximum Gasteiger partial charge on any atom is 0.305 e. The molecule has 6 heteroatoms. The van der Waals surface area contributed by atoms with Gasteiger partial charge in [-0.2, -0.15) is 0 Å². The van der Waals surface area contributed by atoms with Crippen LogP contribution in [0.4, 0.5) is 0 Å². The van der Waals surface area contributed by atoms with Crippen molar-refractivity contribution in [3.63, 3.8) is 0 Å². The fourth-order valence-electron chi connectivity index (χ4n) is 1.17. The smallest absolute Gasteiger partial charge is 0.305 e. The summed E-state index contributed by atoms with van der Waals surface area (Å²) in [5, 5.41) is 3.80. The number of esters is 1. The molecule has 0 aliphatic heterocycles. The molecule has 104 valence electrons. The van der Waals surface area contributed by atoms with Crippen LogP contribution in [0.1, 0.15) is 32.4 Å². The summed E-state index contributed by atoms with van der Waals surface area (Å²) in [7, 11) is 0. The predicted molar refractivity (Wildman–Crippen MR) is 75.9 cm³/mol. The molecule has 1 atom stereocenters. The lowest BCUT2D eigenvalue weighted by molar-refractivity contribution is -0.147. The van der Waals surface area contributed by atoms with E-state index < -0.39 is 0 Å². The minimum Gasteiger partial charge on any atom is -0.462 e. The van der Waals surface area contributed by atoms with Crippen LogP contribution >= 0.6 is 15.9 Å². The Hall–Kier alpha value is -1.43. The van der Waals surface area contributed by atoms with Gasteiger partial charge in [0.25, 0.3) is 0 Å². The van der Waals surface area contributed by atoms with Gasteiger partial charge in [0.2, 0.25) is 0 Å². The van der Waals surface area contributed by atoms with Gasteiger partial charge in [-0.3, -0.25) is 9.78 Å². The van der Waals surface area contributed by atoms with Crippen LogP contribution in [0.25, 0.3) is 0 Å². The van der Waals surface area contributed by atoms with Crippen molar-refractivity contribution in [2.45, 2.75) is 32.8 Å². The molecule has 0 fully saturated rings. The molecule has 5 nitrogen and oxygen atoms in total. The Balaban J connectivity index is 2.27. The summed E-state index contributed by atoms with van der Waals surface area (Å²) in [5.41, 5.74) is 0.693. The normalized spacial score (nSPS) is 12.4. The van der Waals surface area contributed by atoms with E-state index in [1.807, 2.05) is 19.1 Å². The van der Waals surface area contributed by atoms with Gasteiger partial charge in [0.1, 0.15) is 6.61 Å². The van der Waals surface area contributed by atoms with Gasteiger partial charge >= 0.3 is 5.97 Å². The summed E-state index contributed by atoms with van der Waals surface area (Å²) < 4.78 is 5.91. The van der Waals surface area contributed by atoms with Gasteiger partial charge in [0, 0.05) is 17.1 Å². The van der Waals surface area contributed by atoms with Gasteiger partial charge in [-0.1, -0.05) is 12.1 Å². The average Bonchev–Trinajstić information content (AvgIpc) is 2.39. The molecule has 1 aromatic heterocycles. The van der Waals surface area contributed by atoms with Crippen molar-refractivity contribution in [1.82, 2.24) is 4.98 Å². The molecule has 1 rings (SSSR count). The number of rotatable bonds is 7. The molecule has 0 saturated heterocycles. The van der Waals surface area contributed by atoms with Gasteiger partial charge < -0.3 is 9.57 Å². The van der Waals surface area contributed by atoms with Crippen molar-refractivity contribution >= 4 is 28.1 Å². The van der Waals surface area contributed by atoms with Gasteiger partial charge in [0.05, 0.1) is 11.9 Å². The van der Waals surface area contributed by atoms with Gasteiger partial charge in [-0.15, -0.1) is 0 Å². The number of ether oxygens (including phenoxy) is 1. The summed E-state index contributed by atoms with van der Waals surface area (Å²) in [6.07, 6.45) is 4.11. The first-order valence-corrected chi connectivity index (χ1v) is 6.87. The van der Waals surface area contributed by atoms with Crippen molar-refractivity contribution in [3.8, 4) is 0 Å². The molecule has 19 heavy (non-hydrogen) atoms. The zero-order valence-corrected chi connectivity index (χ0v) is 12.6. The van der Waals surface area contributed by atoms with E-state index >= 15 is 0 Å². The highest BCUT2D eigenvalue weighted by Gasteiger charge is 2.06. The van der Waals surface area contributed by atoms with Crippen molar-refractivity contribution in [3.05, 3.63) is 28.5 Å². The Labute approximate surface area is 121 Å². The number of halogens is 1. The zero-order chi connectivity index (χ0) is 14.1. The largest absolute Gasteiger partial charge is 0.462 e. The second-order valence-electron chi connectivity index (χ2n) is 3.98. The first-order chi connectivity index (χ1) is 9.11. The number of pyridine rings is 1. The highest BCUT2D eigenvalue weighted by atomic mass is 79.9. The quantitative estimate of drug-likeness (QED) is 0.438. The van der Waals surface area contributed by atoms with Crippen LogP contribution in [0.15, 0.2) is 28.0 Å². The van der Waals surface area contributed by atoms with E-state index in [0.29, 0.717) is 12.1 Å². The van der Waals surface area contributed by atoms with Crippen molar-refractivity contribution in [2.75, 3.05) is 6.61 Å². The van der Waals surface area contributed by atoms with Crippen LogP contribution < -0.4 is 0 Å². The maximum atomic E-state index is 11.1. The molecule has 0 aromatic carbocycles. The topological polar surface area (TPSA) is 60.8 Å². The summed E-state index contributed by atoms with van der Waals surface area (Å²) in [6.45, 7) is 3.91. The van der Waals surface area contributed by atoms with E-state index in [-0.39, 0.29) is 18.7 Å². The zero-order valence-electron chi connectivity index (χ0n) is 11.0. The molecule has 0 amide bonds. The molecule has 0 bridgehead atoms. The van der Waals surface area contributed by atoms with Gasteiger partial charge in [0.15, 0.2) is 6.10 Å². The number of carbonyl (C=O) groups is 1. The Bertz CT molecular complexity index is 420. The van der Waals surface area contributed by atoms with Crippen molar-refractivity contribution < 1.29 is 14.4 Å². The number of nitrogens with zero attached hydrogens (tertiary/aromatic N) is 2. The van der Waals surface area contributed by atoms with E-state index in [1.54, 1.807) is 13.1 Å². The van der Waals surface area contributed by atoms with E-state index in [0.717, 1.165) is 10.9 Å². The number of carbonyl (C=O) groups excluding carboxylic acids is 1. The summed E-state index contributed by atoms with van der Waals surface area (Å²) >= 11 is 3.30. The summed E-state index contributed by atoms with van der Waals surface area (Å²) in [4.78, 5) is 20.4. The monoisotopic (exact) mass is 328 g/mol. The third-order valence-corrected chi connectivity index (χ3v) is 2.58. The SMILES string of the molecule is CCCC(=O)OCC(C)O/N=C/c1ccc(Br)cn1. The lowest BCUT2D eigenvalue weighted by Crippen LogP contribution is -2.17. The lowest BCUT2D eigenvalue weighted by Gasteiger charge is -2.09. The van der Waals surface area contributed by atoms with Crippen LogP contribution in [0.2, 0.25) is 0 Å². The van der Waals surface area contributed by atoms with Crippen LogP contribution in [-0.2, 0) is 14.4 Å². The maximum absolute atomic E-state index is 11.1.